The van der Waals surface area contributed by atoms with Gasteiger partial charge in [-0.15, -0.1) is 0 Å². The predicted octanol–water partition coefficient (Wildman–Crippen LogP) is 10.6. The van der Waals surface area contributed by atoms with Gasteiger partial charge in [-0.3, -0.25) is 0 Å². The van der Waals surface area contributed by atoms with Gasteiger partial charge in [-0.1, -0.05) is 168 Å². The van der Waals surface area contributed by atoms with Crippen LogP contribution in [0.15, 0.2) is 0 Å². The normalized spacial score (nSPS) is 12.4. The van der Waals surface area contributed by atoms with Crippen molar-refractivity contribution in [2.45, 2.75) is 187 Å². The zero-order valence-corrected chi connectivity index (χ0v) is 25.1. The molecule has 36 heavy (non-hydrogen) atoms. The molecule has 1 atom stereocenters. The van der Waals surface area contributed by atoms with E-state index in [-0.39, 0.29) is 12.7 Å². The van der Waals surface area contributed by atoms with Crippen molar-refractivity contribution < 1.29 is 14.6 Å². The molecule has 0 radical (unpaired) electrons. The summed E-state index contributed by atoms with van der Waals surface area (Å²) in [5.41, 5.74) is 0. The maximum Gasteiger partial charge on any atom is 0.104 e. The first-order valence-electron chi connectivity index (χ1n) is 16.6. The van der Waals surface area contributed by atoms with Crippen molar-refractivity contribution >= 4 is 0 Å². The lowest BCUT2D eigenvalue weighted by atomic mass is 10.0. The SMILES string of the molecule is CCCCCCCCCCCCCCCCCCOC[C@H](CO)OCCCCCCCCCCCC. The Morgan fingerprint density at radius 1 is 0.417 bits per heavy atom. The van der Waals surface area contributed by atoms with Gasteiger partial charge in [-0.2, -0.15) is 0 Å². The third-order valence-corrected chi connectivity index (χ3v) is 7.50. The Morgan fingerprint density at radius 2 is 0.722 bits per heavy atom. The van der Waals surface area contributed by atoms with E-state index in [1.807, 2.05) is 0 Å². The largest absolute Gasteiger partial charge is 0.394 e. The molecule has 0 aliphatic heterocycles. The molecule has 0 amide bonds. The molecule has 0 aromatic heterocycles. The molecular weight excluding hydrogens is 444 g/mol. The Morgan fingerprint density at radius 3 is 1.06 bits per heavy atom. The van der Waals surface area contributed by atoms with E-state index >= 15 is 0 Å². The summed E-state index contributed by atoms with van der Waals surface area (Å²) in [7, 11) is 0. The molecule has 0 saturated heterocycles. The molecule has 0 aromatic rings. The molecule has 0 heterocycles. The van der Waals surface area contributed by atoms with Gasteiger partial charge in [-0.25, -0.2) is 0 Å². The molecule has 218 valence electrons. The highest BCUT2D eigenvalue weighted by atomic mass is 16.5. The fourth-order valence-electron chi connectivity index (χ4n) is 4.96. The van der Waals surface area contributed by atoms with Gasteiger partial charge < -0.3 is 14.6 Å². The molecule has 0 spiro atoms. The summed E-state index contributed by atoms with van der Waals surface area (Å²) < 4.78 is 11.6. The van der Waals surface area contributed by atoms with Crippen LogP contribution < -0.4 is 0 Å². The average Bonchev–Trinajstić information content (AvgIpc) is 2.89. The molecule has 0 fully saturated rings. The van der Waals surface area contributed by atoms with E-state index in [0.29, 0.717) is 6.61 Å². The fraction of sp³-hybridized carbons (Fsp3) is 1.00. The predicted molar refractivity (Wildman–Crippen MR) is 159 cm³/mol. The van der Waals surface area contributed by atoms with Crippen LogP contribution in [0.25, 0.3) is 0 Å². The van der Waals surface area contributed by atoms with Crippen molar-refractivity contribution in [3.63, 3.8) is 0 Å². The zero-order chi connectivity index (χ0) is 26.2. The molecule has 0 bridgehead atoms. The van der Waals surface area contributed by atoms with Crippen LogP contribution in [0.2, 0.25) is 0 Å². The molecule has 1 N–H and O–H groups in total. The number of aliphatic hydroxyl groups excluding tert-OH is 1. The second kappa shape index (κ2) is 32.9. The van der Waals surface area contributed by atoms with Crippen molar-refractivity contribution in [1.82, 2.24) is 0 Å². The summed E-state index contributed by atoms with van der Waals surface area (Å²) in [4.78, 5) is 0. The van der Waals surface area contributed by atoms with Crippen molar-refractivity contribution in [3.8, 4) is 0 Å². The molecule has 3 heteroatoms. The van der Waals surface area contributed by atoms with Crippen LogP contribution in [0.4, 0.5) is 0 Å². The van der Waals surface area contributed by atoms with Gasteiger partial charge in [0, 0.05) is 13.2 Å². The Labute approximate surface area is 227 Å². The van der Waals surface area contributed by atoms with E-state index < -0.39 is 0 Å². The number of ether oxygens (including phenoxy) is 2. The molecule has 0 aromatic carbocycles. The third-order valence-electron chi connectivity index (χ3n) is 7.50. The van der Waals surface area contributed by atoms with Crippen LogP contribution in [0.1, 0.15) is 181 Å². The highest BCUT2D eigenvalue weighted by molar-refractivity contribution is 4.55. The number of aliphatic hydroxyl groups is 1. The fourth-order valence-corrected chi connectivity index (χ4v) is 4.96. The van der Waals surface area contributed by atoms with Crippen molar-refractivity contribution in [2.24, 2.45) is 0 Å². The van der Waals surface area contributed by atoms with Crippen LogP contribution in [0.5, 0.6) is 0 Å². The van der Waals surface area contributed by atoms with E-state index in [1.54, 1.807) is 0 Å². The van der Waals surface area contributed by atoms with Crippen LogP contribution in [-0.4, -0.2) is 37.6 Å². The molecule has 0 rings (SSSR count). The van der Waals surface area contributed by atoms with Crippen LogP contribution in [-0.2, 0) is 9.47 Å². The first-order valence-corrected chi connectivity index (χ1v) is 16.6. The smallest absolute Gasteiger partial charge is 0.104 e. The van der Waals surface area contributed by atoms with Gasteiger partial charge in [0.2, 0.25) is 0 Å². The van der Waals surface area contributed by atoms with E-state index in [4.69, 9.17) is 9.47 Å². The number of hydrogen-bond donors (Lipinski definition) is 1. The number of rotatable bonds is 32. The molecular formula is C33H68O3. The first kappa shape index (κ1) is 35.9. The highest BCUT2D eigenvalue weighted by Gasteiger charge is 2.07. The summed E-state index contributed by atoms with van der Waals surface area (Å²) in [6, 6.07) is 0. The molecule has 0 unspecified atom stereocenters. The lowest BCUT2D eigenvalue weighted by Gasteiger charge is -2.15. The summed E-state index contributed by atoms with van der Waals surface area (Å²) in [5.74, 6) is 0. The summed E-state index contributed by atoms with van der Waals surface area (Å²) in [6.07, 6.45) is 35.5. The molecule has 0 aliphatic rings. The van der Waals surface area contributed by atoms with Gasteiger partial charge in [0.1, 0.15) is 6.10 Å². The summed E-state index contributed by atoms with van der Waals surface area (Å²) >= 11 is 0. The Kier molecular flexibility index (Phi) is 32.8. The maximum atomic E-state index is 9.53. The van der Waals surface area contributed by atoms with Gasteiger partial charge in [-0.05, 0) is 12.8 Å². The van der Waals surface area contributed by atoms with Crippen molar-refractivity contribution in [2.75, 3.05) is 26.4 Å². The van der Waals surface area contributed by atoms with E-state index in [9.17, 15) is 5.11 Å². The van der Waals surface area contributed by atoms with Gasteiger partial charge in [0.05, 0.1) is 13.2 Å². The second-order valence-corrected chi connectivity index (χ2v) is 11.2. The highest BCUT2D eigenvalue weighted by Crippen LogP contribution is 2.14. The Bertz CT molecular complexity index is 374. The van der Waals surface area contributed by atoms with Crippen LogP contribution in [0.3, 0.4) is 0 Å². The minimum Gasteiger partial charge on any atom is -0.394 e. The molecule has 3 nitrogen and oxygen atoms in total. The van der Waals surface area contributed by atoms with Crippen LogP contribution in [0, 0.1) is 0 Å². The number of hydrogen-bond acceptors (Lipinski definition) is 3. The van der Waals surface area contributed by atoms with Crippen LogP contribution >= 0.6 is 0 Å². The van der Waals surface area contributed by atoms with Crippen molar-refractivity contribution in [3.05, 3.63) is 0 Å². The average molecular weight is 513 g/mol. The second-order valence-electron chi connectivity index (χ2n) is 11.2. The minimum atomic E-state index is -0.148. The van der Waals surface area contributed by atoms with Crippen molar-refractivity contribution in [1.29, 1.82) is 0 Å². The van der Waals surface area contributed by atoms with E-state index in [2.05, 4.69) is 13.8 Å². The lowest BCUT2D eigenvalue weighted by Crippen LogP contribution is -2.24. The molecule has 0 aliphatic carbocycles. The first-order chi connectivity index (χ1) is 17.8. The third kappa shape index (κ3) is 30.1. The topological polar surface area (TPSA) is 38.7 Å². The van der Waals surface area contributed by atoms with Gasteiger partial charge >= 0.3 is 0 Å². The minimum absolute atomic E-state index is 0.0662. The molecule has 0 saturated carbocycles. The Hall–Kier alpha value is -0.120. The van der Waals surface area contributed by atoms with E-state index in [1.165, 1.54) is 154 Å². The van der Waals surface area contributed by atoms with Gasteiger partial charge in [0.25, 0.3) is 0 Å². The monoisotopic (exact) mass is 513 g/mol. The zero-order valence-electron chi connectivity index (χ0n) is 25.1. The van der Waals surface area contributed by atoms with Gasteiger partial charge in [0.15, 0.2) is 0 Å². The quantitative estimate of drug-likeness (QED) is 0.0911. The van der Waals surface area contributed by atoms with E-state index in [0.717, 1.165) is 26.1 Å². The summed E-state index contributed by atoms with van der Waals surface area (Å²) in [5, 5.41) is 9.53. The lowest BCUT2D eigenvalue weighted by molar-refractivity contribution is -0.0437. The Balaban J connectivity index is 3.24. The number of unbranched alkanes of at least 4 members (excludes halogenated alkanes) is 24. The summed E-state index contributed by atoms with van der Waals surface area (Å²) in [6.45, 7) is 6.72. The standard InChI is InChI=1S/C33H68O3/c1-3-5-7-9-11-13-15-16-17-18-19-20-21-23-25-27-29-35-32-33(31-34)36-30-28-26-24-22-14-12-10-8-6-4-2/h33-34H,3-32H2,1-2H3/t33-/m0/s1. The maximum absolute atomic E-state index is 9.53.